The lowest BCUT2D eigenvalue weighted by Crippen LogP contribution is -2.05. The topological polar surface area (TPSA) is 26.3 Å². The highest BCUT2D eigenvalue weighted by Crippen LogP contribution is 2.25. The maximum absolute atomic E-state index is 13.3. The van der Waals surface area contributed by atoms with Crippen LogP contribution >= 0.6 is 34.2 Å². The predicted molar refractivity (Wildman–Crippen MR) is 60.7 cm³/mol. The molecule has 0 aliphatic rings. The Morgan fingerprint density at radius 2 is 2.29 bits per heavy atom. The van der Waals surface area contributed by atoms with Crippen LogP contribution in [0, 0.1) is 9.39 Å². The van der Waals surface area contributed by atoms with Gasteiger partial charge in [-0.1, -0.05) is 0 Å². The molecule has 1 aromatic rings. The molecule has 14 heavy (non-hydrogen) atoms. The molecule has 0 atom stereocenters. The van der Waals surface area contributed by atoms with E-state index in [0.717, 1.165) is 0 Å². The zero-order chi connectivity index (χ0) is 10.7. The van der Waals surface area contributed by atoms with Gasteiger partial charge in [-0.25, -0.2) is 4.39 Å². The first-order valence-corrected chi connectivity index (χ1v) is 5.33. The average Bonchev–Trinajstić information content (AvgIpc) is 2.15. The Hall–Kier alpha value is -0.360. The summed E-state index contributed by atoms with van der Waals surface area (Å²) in [5.41, 5.74) is 0.187. The second-order valence-electron chi connectivity index (χ2n) is 2.53. The van der Waals surface area contributed by atoms with Gasteiger partial charge in [-0.15, -0.1) is 11.6 Å². The van der Waals surface area contributed by atoms with Crippen molar-refractivity contribution in [2.24, 2.45) is 0 Å². The van der Waals surface area contributed by atoms with Gasteiger partial charge in [0, 0.05) is 3.57 Å². The monoisotopic (exact) mass is 328 g/mol. The Labute approximate surface area is 99.5 Å². The van der Waals surface area contributed by atoms with Gasteiger partial charge in [-0.3, -0.25) is 4.79 Å². The van der Waals surface area contributed by atoms with Crippen LogP contribution in [0.4, 0.5) is 4.39 Å². The van der Waals surface area contributed by atoms with Crippen LogP contribution in [0.15, 0.2) is 12.1 Å². The summed E-state index contributed by atoms with van der Waals surface area (Å²) in [4.78, 5) is 11.3. The molecule has 2 nitrogen and oxygen atoms in total. The molecule has 1 rings (SSSR count). The number of ketones is 1. The van der Waals surface area contributed by atoms with E-state index in [2.05, 4.69) is 0 Å². The van der Waals surface area contributed by atoms with Gasteiger partial charge in [-0.2, -0.15) is 0 Å². The first kappa shape index (κ1) is 11.7. The number of carbonyl (C=O) groups excluding carboxylic acids is 1. The molecule has 76 valence electrons. The van der Waals surface area contributed by atoms with Crippen LogP contribution in [0.3, 0.4) is 0 Å². The van der Waals surface area contributed by atoms with E-state index in [9.17, 15) is 9.18 Å². The van der Waals surface area contributed by atoms with Crippen LogP contribution in [0.25, 0.3) is 0 Å². The van der Waals surface area contributed by atoms with Crippen molar-refractivity contribution in [3.8, 4) is 5.75 Å². The molecule has 0 aliphatic heterocycles. The molecule has 5 heteroatoms. The fourth-order valence-corrected chi connectivity index (χ4v) is 1.78. The molecule has 0 unspecified atom stereocenters. The van der Waals surface area contributed by atoms with Crippen molar-refractivity contribution in [1.29, 1.82) is 0 Å². The third kappa shape index (κ3) is 2.36. The van der Waals surface area contributed by atoms with Crippen LogP contribution in [-0.4, -0.2) is 18.8 Å². The van der Waals surface area contributed by atoms with Gasteiger partial charge in [-0.05, 0) is 34.7 Å². The highest BCUT2D eigenvalue weighted by molar-refractivity contribution is 14.1. The Bertz CT molecular complexity index is 368. The van der Waals surface area contributed by atoms with Gasteiger partial charge in [0.1, 0.15) is 0 Å². The predicted octanol–water partition coefficient (Wildman–Crippen LogP) is 2.86. The van der Waals surface area contributed by atoms with Crippen LogP contribution in [-0.2, 0) is 0 Å². The minimum atomic E-state index is -0.548. The molecule has 0 aliphatic carbocycles. The van der Waals surface area contributed by atoms with E-state index >= 15 is 0 Å². The number of alkyl halides is 1. The van der Waals surface area contributed by atoms with Crippen molar-refractivity contribution in [2.75, 3.05) is 13.0 Å². The molecule has 0 fully saturated rings. The van der Waals surface area contributed by atoms with Crippen molar-refractivity contribution in [1.82, 2.24) is 0 Å². The van der Waals surface area contributed by atoms with Crippen LogP contribution < -0.4 is 4.74 Å². The van der Waals surface area contributed by atoms with Gasteiger partial charge in [0.25, 0.3) is 0 Å². The van der Waals surface area contributed by atoms with E-state index in [0.29, 0.717) is 3.57 Å². The summed E-state index contributed by atoms with van der Waals surface area (Å²) in [6.45, 7) is 0. The van der Waals surface area contributed by atoms with Gasteiger partial charge in [0.05, 0.1) is 18.6 Å². The highest BCUT2D eigenvalue weighted by atomic mass is 127. The Kier molecular flexibility index (Phi) is 4.12. The highest BCUT2D eigenvalue weighted by Gasteiger charge is 2.16. The van der Waals surface area contributed by atoms with Crippen molar-refractivity contribution < 1.29 is 13.9 Å². The Balaban J connectivity index is 3.32. The molecule has 0 N–H and O–H groups in total. The number of rotatable bonds is 3. The molecule has 0 heterocycles. The zero-order valence-electron chi connectivity index (χ0n) is 7.31. The van der Waals surface area contributed by atoms with E-state index in [1.165, 1.54) is 13.2 Å². The zero-order valence-corrected chi connectivity index (χ0v) is 10.2. The third-order valence-electron chi connectivity index (χ3n) is 1.63. The number of halogens is 3. The van der Waals surface area contributed by atoms with E-state index in [4.69, 9.17) is 16.3 Å². The maximum atomic E-state index is 13.3. The first-order valence-electron chi connectivity index (χ1n) is 3.72. The van der Waals surface area contributed by atoms with Gasteiger partial charge in [0.2, 0.25) is 0 Å². The lowest BCUT2D eigenvalue weighted by atomic mass is 10.1. The molecular weight excluding hydrogens is 321 g/mol. The molecule has 0 amide bonds. The number of ether oxygens (including phenoxy) is 1. The summed E-state index contributed by atoms with van der Waals surface area (Å²) in [6.07, 6.45) is 0. The largest absolute Gasteiger partial charge is 0.493 e. The molecular formula is C9H7ClFIO2. The summed E-state index contributed by atoms with van der Waals surface area (Å²) in [7, 11) is 1.32. The van der Waals surface area contributed by atoms with Gasteiger partial charge < -0.3 is 4.74 Å². The summed E-state index contributed by atoms with van der Waals surface area (Å²) >= 11 is 7.31. The average molecular weight is 329 g/mol. The summed E-state index contributed by atoms with van der Waals surface area (Å²) in [6, 6.07) is 2.84. The van der Waals surface area contributed by atoms with E-state index in [-0.39, 0.29) is 23.0 Å². The minimum absolute atomic E-state index is 0.0453. The Morgan fingerprint density at radius 1 is 1.64 bits per heavy atom. The molecule has 0 spiro atoms. The van der Waals surface area contributed by atoms with Gasteiger partial charge in [0.15, 0.2) is 17.3 Å². The molecule has 0 saturated heterocycles. The number of hydrogen-bond donors (Lipinski definition) is 0. The molecule has 0 radical (unpaired) electrons. The Morgan fingerprint density at radius 3 is 2.79 bits per heavy atom. The maximum Gasteiger partial charge on any atom is 0.181 e. The van der Waals surface area contributed by atoms with Crippen molar-refractivity contribution in [2.45, 2.75) is 0 Å². The number of methoxy groups -OCH3 is 1. The number of hydrogen-bond acceptors (Lipinski definition) is 2. The molecule has 0 aromatic heterocycles. The van der Waals surface area contributed by atoms with E-state index in [1.807, 2.05) is 22.6 Å². The standard InChI is InChI=1S/C9H7ClFIO2/c1-14-9-6(8(13)4-10)2-5(12)3-7(9)11/h2-3H,4H2,1H3. The van der Waals surface area contributed by atoms with Crippen molar-refractivity contribution in [3.05, 3.63) is 27.1 Å². The minimum Gasteiger partial charge on any atom is -0.493 e. The lowest BCUT2D eigenvalue weighted by molar-refractivity contribution is 0.101. The van der Waals surface area contributed by atoms with E-state index in [1.54, 1.807) is 6.07 Å². The van der Waals surface area contributed by atoms with Crippen molar-refractivity contribution in [3.63, 3.8) is 0 Å². The molecule has 0 saturated carbocycles. The summed E-state index contributed by atoms with van der Waals surface area (Å²) < 4.78 is 18.7. The van der Waals surface area contributed by atoms with Gasteiger partial charge >= 0.3 is 0 Å². The summed E-state index contributed by atoms with van der Waals surface area (Å²) in [5.74, 6) is -1.12. The van der Waals surface area contributed by atoms with Crippen molar-refractivity contribution >= 4 is 40.0 Å². The second kappa shape index (κ2) is 4.93. The normalized spacial score (nSPS) is 10.0. The second-order valence-corrected chi connectivity index (χ2v) is 4.04. The summed E-state index contributed by atoms with van der Waals surface area (Å²) in [5, 5.41) is 0. The third-order valence-corrected chi connectivity index (χ3v) is 2.50. The van der Waals surface area contributed by atoms with E-state index < -0.39 is 5.82 Å². The fourth-order valence-electron chi connectivity index (χ4n) is 1.05. The molecule has 0 bridgehead atoms. The fraction of sp³-hybridized carbons (Fsp3) is 0.222. The first-order chi connectivity index (χ1) is 6.60. The SMILES string of the molecule is COc1c(F)cc(I)cc1C(=O)CCl. The number of benzene rings is 1. The number of Topliss-reactive ketones (excluding diaryl/α,β-unsaturated/α-hetero) is 1. The van der Waals surface area contributed by atoms with Crippen LogP contribution in [0.5, 0.6) is 5.75 Å². The van der Waals surface area contributed by atoms with Crippen LogP contribution in [0.1, 0.15) is 10.4 Å². The quantitative estimate of drug-likeness (QED) is 0.484. The lowest BCUT2D eigenvalue weighted by Gasteiger charge is -2.07. The smallest absolute Gasteiger partial charge is 0.181 e. The number of carbonyl (C=O) groups is 1. The molecule has 1 aromatic carbocycles. The van der Waals surface area contributed by atoms with Crippen LogP contribution in [0.2, 0.25) is 0 Å².